The number of nitrogens with one attached hydrogen (secondary N) is 2. The van der Waals surface area contributed by atoms with Gasteiger partial charge in [0.15, 0.2) is 5.01 Å². The summed E-state index contributed by atoms with van der Waals surface area (Å²) in [5.74, 6) is -0.781. The number of unbranched alkanes of at least 4 members (excludes halogenated alkanes) is 1. The molecule has 2 N–H and O–H groups in total. The molecule has 14 nitrogen and oxygen atoms in total. The Morgan fingerprint density at radius 2 is 1.84 bits per heavy atom. The zero-order chi connectivity index (χ0) is 38.1. The van der Waals surface area contributed by atoms with E-state index in [9.17, 15) is 14.4 Å². The number of piperazine rings is 1. The molecule has 0 aliphatic carbocycles. The number of aliphatic imine (C=N–C) groups is 1. The van der Waals surface area contributed by atoms with Crippen molar-refractivity contribution >= 4 is 52.1 Å². The minimum Gasteiger partial charge on any atom is -0.382 e. The maximum atomic E-state index is 13.0. The highest BCUT2D eigenvalue weighted by molar-refractivity contribution is 7.18. The molecule has 15 heteroatoms. The number of imide groups is 1. The van der Waals surface area contributed by atoms with Gasteiger partial charge in [-0.2, -0.15) is 5.10 Å². The zero-order valence-electron chi connectivity index (χ0n) is 31.2. The monoisotopic (exact) mass is 759 g/mol. The van der Waals surface area contributed by atoms with Gasteiger partial charge in [0.25, 0.3) is 5.91 Å². The van der Waals surface area contributed by atoms with Gasteiger partial charge in [-0.15, -0.1) is 10.2 Å². The number of hydrogen-bond donors (Lipinski definition) is 2. The standard InChI is InChI=1S/C40H45N11O3S/c1-25(2)44-32-20-33(34-10-8-29-19-27(21-41-3)22-43-51(29)34)42-23-31(32)38-46-47-40(55-38)49-16-14-48(15-17-49)13-5-4-6-26-7-9-30-28(18-26)24-50(39(30)54)35-11-12-36(52)45-37(35)53/h7-10,18-20,22-23,25,35H,3-6,11-17,21,24H2,1-2H3,(H,42,44)(H,45,52,53). The van der Waals surface area contributed by atoms with E-state index >= 15 is 0 Å². The molecule has 0 saturated carbocycles. The van der Waals surface area contributed by atoms with Gasteiger partial charge in [-0.05, 0) is 99.8 Å². The number of piperidine rings is 1. The molecule has 1 unspecified atom stereocenters. The normalized spacial score (nSPS) is 17.7. The van der Waals surface area contributed by atoms with E-state index in [1.807, 2.05) is 41.2 Å². The minimum absolute atomic E-state index is 0.129. The molecule has 0 spiro atoms. The van der Waals surface area contributed by atoms with Crippen molar-refractivity contribution in [2.45, 2.75) is 71.1 Å². The number of benzene rings is 1. The Bertz CT molecular complexity index is 2260. The molecule has 284 valence electrons. The van der Waals surface area contributed by atoms with Gasteiger partial charge in [0.05, 0.1) is 35.2 Å². The number of pyridine rings is 1. The molecule has 5 aromatic rings. The lowest BCUT2D eigenvalue weighted by Gasteiger charge is -2.34. The molecule has 2 fully saturated rings. The third kappa shape index (κ3) is 7.71. The molecule has 0 radical (unpaired) electrons. The van der Waals surface area contributed by atoms with Gasteiger partial charge in [-0.1, -0.05) is 23.5 Å². The summed E-state index contributed by atoms with van der Waals surface area (Å²) in [5, 5.41) is 21.6. The molecular formula is C40H45N11O3S. The van der Waals surface area contributed by atoms with Gasteiger partial charge in [-0.25, -0.2) is 4.52 Å². The SMILES string of the molecule is C=NCc1cnn2c(-c3cc(NC(C)C)c(-c4nnc(N5CCN(CCCCc6ccc7c(c6)CN(C6CCC(=O)NC6=O)C7=O)CC5)s4)cn3)ccc2c1. The second kappa shape index (κ2) is 15.7. The van der Waals surface area contributed by atoms with Crippen molar-refractivity contribution < 1.29 is 14.4 Å². The quantitative estimate of drug-likeness (QED) is 0.0969. The first-order valence-electron chi connectivity index (χ1n) is 19.0. The van der Waals surface area contributed by atoms with E-state index in [1.54, 1.807) is 16.2 Å². The predicted octanol–water partition coefficient (Wildman–Crippen LogP) is 4.84. The largest absolute Gasteiger partial charge is 0.382 e. The number of aromatic nitrogens is 5. The molecule has 4 aromatic heterocycles. The maximum absolute atomic E-state index is 13.0. The van der Waals surface area contributed by atoms with Crippen LogP contribution < -0.4 is 15.5 Å². The van der Waals surface area contributed by atoms with Crippen molar-refractivity contribution in [2.75, 3.05) is 42.9 Å². The van der Waals surface area contributed by atoms with Crippen molar-refractivity contribution in [3.8, 4) is 22.0 Å². The molecule has 1 atom stereocenters. The summed E-state index contributed by atoms with van der Waals surface area (Å²) in [7, 11) is 0. The fraction of sp³-hybridized carbons (Fsp3) is 0.400. The fourth-order valence-corrected chi connectivity index (χ4v) is 8.63. The first-order chi connectivity index (χ1) is 26.7. The average Bonchev–Trinajstić information content (AvgIpc) is 3.91. The van der Waals surface area contributed by atoms with E-state index in [-0.39, 0.29) is 30.2 Å². The van der Waals surface area contributed by atoms with E-state index in [4.69, 9.17) is 4.98 Å². The maximum Gasteiger partial charge on any atom is 0.255 e. The first kappa shape index (κ1) is 36.4. The summed E-state index contributed by atoms with van der Waals surface area (Å²) in [6.45, 7) is 13.5. The summed E-state index contributed by atoms with van der Waals surface area (Å²) in [4.78, 5) is 52.3. The van der Waals surface area contributed by atoms with Crippen molar-refractivity contribution in [1.82, 2.24) is 39.9 Å². The third-order valence-corrected chi connectivity index (χ3v) is 11.5. The fourth-order valence-electron chi connectivity index (χ4n) is 7.71. The summed E-state index contributed by atoms with van der Waals surface area (Å²) in [6, 6.07) is 13.9. The number of amides is 3. The lowest BCUT2D eigenvalue weighted by atomic mass is 10.0. The molecule has 8 rings (SSSR count). The van der Waals surface area contributed by atoms with Gasteiger partial charge in [0.1, 0.15) is 6.04 Å². The second-order valence-electron chi connectivity index (χ2n) is 14.8. The molecule has 1 aromatic carbocycles. The van der Waals surface area contributed by atoms with Crippen molar-refractivity contribution in [3.05, 3.63) is 77.1 Å². The van der Waals surface area contributed by atoms with Gasteiger partial charge in [0.2, 0.25) is 16.9 Å². The Labute approximate surface area is 323 Å². The Balaban J connectivity index is 0.839. The number of aryl methyl sites for hydroxylation is 1. The highest BCUT2D eigenvalue weighted by Crippen LogP contribution is 2.36. The molecule has 55 heavy (non-hydrogen) atoms. The average molecular weight is 760 g/mol. The Kier molecular flexibility index (Phi) is 10.4. The van der Waals surface area contributed by atoms with Gasteiger partial charge in [-0.3, -0.25) is 34.6 Å². The van der Waals surface area contributed by atoms with E-state index in [2.05, 4.69) is 79.5 Å². The lowest BCUT2D eigenvalue weighted by molar-refractivity contribution is -0.136. The Morgan fingerprint density at radius 3 is 2.64 bits per heavy atom. The van der Waals surface area contributed by atoms with Crippen LogP contribution in [0, 0.1) is 0 Å². The predicted molar refractivity (Wildman–Crippen MR) is 213 cm³/mol. The molecule has 3 aliphatic heterocycles. The molecular weight excluding hydrogens is 715 g/mol. The Hall–Kier alpha value is -5.54. The lowest BCUT2D eigenvalue weighted by Crippen LogP contribution is -2.52. The van der Waals surface area contributed by atoms with E-state index < -0.39 is 6.04 Å². The van der Waals surface area contributed by atoms with Gasteiger partial charge in [0, 0.05) is 62.6 Å². The minimum atomic E-state index is -0.587. The van der Waals surface area contributed by atoms with Crippen LogP contribution in [0.15, 0.2) is 59.9 Å². The van der Waals surface area contributed by atoms with Crippen molar-refractivity contribution in [1.29, 1.82) is 0 Å². The highest BCUT2D eigenvalue weighted by atomic mass is 32.1. The number of fused-ring (bicyclic) bond motifs is 2. The molecule has 0 bridgehead atoms. The van der Waals surface area contributed by atoms with E-state index in [1.165, 1.54) is 5.56 Å². The van der Waals surface area contributed by atoms with Crippen LogP contribution in [0.2, 0.25) is 0 Å². The van der Waals surface area contributed by atoms with Gasteiger partial charge < -0.3 is 15.1 Å². The van der Waals surface area contributed by atoms with Crippen molar-refractivity contribution in [2.24, 2.45) is 4.99 Å². The van der Waals surface area contributed by atoms with Crippen LogP contribution in [0.25, 0.3) is 27.5 Å². The highest BCUT2D eigenvalue weighted by Gasteiger charge is 2.39. The number of carbonyl (C=O) groups excluding carboxylic acids is 3. The molecule has 2 saturated heterocycles. The van der Waals surface area contributed by atoms with Crippen molar-refractivity contribution in [3.63, 3.8) is 0 Å². The van der Waals surface area contributed by atoms with Crippen LogP contribution in [0.5, 0.6) is 0 Å². The van der Waals surface area contributed by atoms with Crippen LogP contribution in [-0.2, 0) is 29.1 Å². The number of carbonyl (C=O) groups is 3. The zero-order valence-corrected chi connectivity index (χ0v) is 32.0. The van der Waals surface area contributed by atoms with Crippen LogP contribution in [0.1, 0.15) is 66.6 Å². The summed E-state index contributed by atoms with van der Waals surface area (Å²) in [5.41, 5.74) is 8.42. The number of nitrogens with zero attached hydrogens (tertiary/aromatic N) is 9. The third-order valence-electron chi connectivity index (χ3n) is 10.5. The summed E-state index contributed by atoms with van der Waals surface area (Å²) in [6.07, 6.45) is 7.41. The van der Waals surface area contributed by atoms with Crippen LogP contribution in [0.3, 0.4) is 0 Å². The second-order valence-corrected chi connectivity index (χ2v) is 15.7. The number of anilines is 2. The van der Waals surface area contributed by atoms with E-state index in [0.29, 0.717) is 25.1 Å². The summed E-state index contributed by atoms with van der Waals surface area (Å²) >= 11 is 1.60. The molecule has 3 aliphatic rings. The van der Waals surface area contributed by atoms with E-state index in [0.717, 1.165) is 101 Å². The van der Waals surface area contributed by atoms with Crippen LogP contribution in [0.4, 0.5) is 10.8 Å². The number of hydrogen-bond acceptors (Lipinski definition) is 12. The smallest absolute Gasteiger partial charge is 0.255 e. The first-order valence-corrected chi connectivity index (χ1v) is 19.8. The molecule has 3 amide bonds. The van der Waals surface area contributed by atoms with Gasteiger partial charge >= 0.3 is 0 Å². The van der Waals surface area contributed by atoms with Crippen LogP contribution in [-0.4, -0.2) is 104 Å². The topological polar surface area (TPSA) is 153 Å². The molecule has 7 heterocycles. The Morgan fingerprint density at radius 1 is 0.982 bits per heavy atom. The van der Waals surface area contributed by atoms with Crippen LogP contribution >= 0.6 is 11.3 Å². The summed E-state index contributed by atoms with van der Waals surface area (Å²) < 4.78 is 1.90. The number of rotatable bonds is 13.